The van der Waals surface area contributed by atoms with Crippen LogP contribution >= 0.6 is 0 Å². The van der Waals surface area contributed by atoms with Crippen LogP contribution in [-0.2, 0) is 4.74 Å². The predicted molar refractivity (Wildman–Crippen MR) is 115 cm³/mol. The van der Waals surface area contributed by atoms with Crippen molar-refractivity contribution in [3.05, 3.63) is 82.9 Å². The largest absolute Gasteiger partial charge is 0.372 e. The molecule has 3 aromatic rings. The summed E-state index contributed by atoms with van der Waals surface area (Å²) in [5, 5.41) is 2.51. The Morgan fingerprint density at radius 2 is 1.33 bits per heavy atom. The number of methoxy groups -OCH3 is 1. The first-order chi connectivity index (χ1) is 13.0. The molecule has 3 rings (SSSR count). The lowest BCUT2D eigenvalue weighted by Crippen LogP contribution is -2.10. The van der Waals surface area contributed by atoms with E-state index >= 15 is 0 Å². The minimum absolute atomic E-state index is 0.135. The summed E-state index contributed by atoms with van der Waals surface area (Å²) >= 11 is 0. The van der Waals surface area contributed by atoms with Gasteiger partial charge in [-0.15, -0.1) is 0 Å². The van der Waals surface area contributed by atoms with Gasteiger partial charge in [-0.3, -0.25) is 0 Å². The van der Waals surface area contributed by atoms with Crippen molar-refractivity contribution in [2.24, 2.45) is 5.92 Å². The summed E-state index contributed by atoms with van der Waals surface area (Å²) < 4.78 is 6.04. The van der Waals surface area contributed by atoms with E-state index in [9.17, 15) is 0 Å². The molecule has 0 aliphatic heterocycles. The fraction of sp³-hybridized carbons (Fsp3) is 0.308. The summed E-state index contributed by atoms with van der Waals surface area (Å²) in [7, 11) is 1.79. The third-order valence-electron chi connectivity index (χ3n) is 4.83. The van der Waals surface area contributed by atoms with Gasteiger partial charge in [-0.1, -0.05) is 88.1 Å². The van der Waals surface area contributed by atoms with Gasteiger partial charge in [0.2, 0.25) is 0 Å². The molecule has 0 spiro atoms. The van der Waals surface area contributed by atoms with Crippen molar-refractivity contribution in [1.82, 2.24) is 0 Å². The molecule has 0 aliphatic rings. The first-order valence-corrected chi connectivity index (χ1v) is 9.67. The van der Waals surface area contributed by atoms with Gasteiger partial charge in [-0.2, -0.15) is 0 Å². The van der Waals surface area contributed by atoms with Crippen LogP contribution in [0.4, 0.5) is 0 Å². The van der Waals surface area contributed by atoms with Crippen molar-refractivity contribution in [2.45, 2.75) is 39.7 Å². The Balaban J connectivity index is 2.20. The maximum atomic E-state index is 6.04. The fourth-order valence-electron chi connectivity index (χ4n) is 3.49. The molecule has 0 saturated carbocycles. The molecular weight excluding hydrogens is 328 g/mol. The Morgan fingerprint density at radius 1 is 0.741 bits per heavy atom. The highest BCUT2D eigenvalue weighted by atomic mass is 16.5. The van der Waals surface area contributed by atoms with Gasteiger partial charge in [0.15, 0.2) is 0 Å². The Labute approximate surface area is 163 Å². The Hall–Kier alpha value is -2.56. The molecular formula is C26H28O. The average Bonchev–Trinajstić information content (AvgIpc) is 2.67. The molecule has 0 aromatic heterocycles. The van der Waals surface area contributed by atoms with Crippen LogP contribution in [0, 0.1) is 17.8 Å². The number of benzene rings is 3. The van der Waals surface area contributed by atoms with Gasteiger partial charge in [0.05, 0.1) is 0 Å². The van der Waals surface area contributed by atoms with E-state index in [-0.39, 0.29) is 6.10 Å². The van der Waals surface area contributed by atoms with E-state index in [1.54, 1.807) is 7.11 Å². The van der Waals surface area contributed by atoms with Crippen molar-refractivity contribution in [3.63, 3.8) is 0 Å². The summed E-state index contributed by atoms with van der Waals surface area (Å²) in [6, 6.07) is 21.5. The maximum absolute atomic E-state index is 6.04. The van der Waals surface area contributed by atoms with E-state index in [4.69, 9.17) is 4.74 Å². The molecule has 0 heterocycles. The fourth-order valence-corrected chi connectivity index (χ4v) is 3.49. The van der Waals surface area contributed by atoms with Crippen molar-refractivity contribution in [3.8, 4) is 11.8 Å². The van der Waals surface area contributed by atoms with Crippen LogP contribution in [0.5, 0.6) is 0 Å². The molecule has 27 heavy (non-hydrogen) atoms. The standard InChI is InChI=1S/C26H28O/c1-18(2)14-15-20-10-8-9-13-23(20)26(27-5)25-17-22-12-7-6-11-21(22)16-24(25)19(3)4/h6-13,16-19,26H,1-5H3. The Bertz CT molecular complexity index is 986. The molecule has 0 fully saturated rings. The van der Waals surface area contributed by atoms with Crippen molar-refractivity contribution in [2.75, 3.05) is 7.11 Å². The van der Waals surface area contributed by atoms with Crippen LogP contribution in [0.3, 0.4) is 0 Å². The van der Waals surface area contributed by atoms with Crippen LogP contribution in [0.25, 0.3) is 10.8 Å². The Morgan fingerprint density at radius 3 is 1.93 bits per heavy atom. The number of hydrogen-bond donors (Lipinski definition) is 0. The average molecular weight is 357 g/mol. The maximum Gasteiger partial charge on any atom is 0.109 e. The third kappa shape index (κ3) is 4.24. The lowest BCUT2D eigenvalue weighted by atomic mass is 9.87. The molecule has 0 aliphatic carbocycles. The highest BCUT2D eigenvalue weighted by Gasteiger charge is 2.21. The van der Waals surface area contributed by atoms with Gasteiger partial charge in [-0.25, -0.2) is 0 Å². The minimum atomic E-state index is -0.135. The summed E-state index contributed by atoms with van der Waals surface area (Å²) in [5.74, 6) is 7.40. The van der Waals surface area contributed by atoms with E-state index in [0.717, 1.165) is 11.1 Å². The first kappa shape index (κ1) is 19.2. The smallest absolute Gasteiger partial charge is 0.109 e. The number of hydrogen-bond acceptors (Lipinski definition) is 1. The third-order valence-corrected chi connectivity index (χ3v) is 4.83. The molecule has 138 valence electrons. The molecule has 0 radical (unpaired) electrons. The molecule has 1 nitrogen and oxygen atoms in total. The zero-order valence-corrected chi connectivity index (χ0v) is 16.9. The van der Waals surface area contributed by atoms with Crippen LogP contribution in [0.2, 0.25) is 0 Å². The lowest BCUT2D eigenvalue weighted by molar-refractivity contribution is 0.135. The highest BCUT2D eigenvalue weighted by molar-refractivity contribution is 5.84. The second-order valence-electron chi connectivity index (χ2n) is 7.61. The monoisotopic (exact) mass is 356 g/mol. The molecule has 1 atom stereocenters. The lowest BCUT2D eigenvalue weighted by Gasteiger charge is -2.23. The summed E-state index contributed by atoms with van der Waals surface area (Å²) in [6.07, 6.45) is -0.135. The highest BCUT2D eigenvalue weighted by Crippen LogP contribution is 2.36. The van der Waals surface area contributed by atoms with Gasteiger partial charge in [0, 0.05) is 24.2 Å². The summed E-state index contributed by atoms with van der Waals surface area (Å²) in [6.45, 7) is 8.71. The zero-order valence-electron chi connectivity index (χ0n) is 16.9. The minimum Gasteiger partial charge on any atom is -0.372 e. The second kappa shape index (κ2) is 8.42. The number of ether oxygens (including phenoxy) is 1. The van der Waals surface area contributed by atoms with Crippen molar-refractivity contribution >= 4 is 10.8 Å². The molecule has 0 amide bonds. The topological polar surface area (TPSA) is 9.23 Å². The van der Waals surface area contributed by atoms with Crippen molar-refractivity contribution < 1.29 is 4.74 Å². The van der Waals surface area contributed by atoms with E-state index < -0.39 is 0 Å². The molecule has 0 bridgehead atoms. The first-order valence-electron chi connectivity index (χ1n) is 9.67. The van der Waals surface area contributed by atoms with Gasteiger partial charge >= 0.3 is 0 Å². The number of rotatable bonds is 4. The Kier molecular flexibility index (Phi) is 5.99. The predicted octanol–water partition coefficient (Wildman–Crippen LogP) is 6.71. The van der Waals surface area contributed by atoms with Gasteiger partial charge < -0.3 is 4.74 Å². The van der Waals surface area contributed by atoms with Crippen LogP contribution in [-0.4, -0.2) is 7.11 Å². The SMILES string of the molecule is COC(c1ccccc1C#CC(C)C)c1cc2ccccc2cc1C(C)C. The van der Waals surface area contributed by atoms with Crippen LogP contribution in [0.15, 0.2) is 60.7 Å². The van der Waals surface area contributed by atoms with E-state index in [1.165, 1.54) is 21.9 Å². The van der Waals surface area contributed by atoms with Gasteiger partial charge in [0.1, 0.15) is 6.10 Å². The van der Waals surface area contributed by atoms with Gasteiger partial charge in [0.25, 0.3) is 0 Å². The molecule has 1 unspecified atom stereocenters. The molecule has 0 saturated heterocycles. The van der Waals surface area contributed by atoms with Gasteiger partial charge in [-0.05, 0) is 39.9 Å². The summed E-state index contributed by atoms with van der Waals surface area (Å²) in [5.41, 5.74) is 4.73. The van der Waals surface area contributed by atoms with Crippen molar-refractivity contribution in [1.29, 1.82) is 0 Å². The second-order valence-corrected chi connectivity index (χ2v) is 7.61. The quantitative estimate of drug-likeness (QED) is 0.472. The normalized spacial score (nSPS) is 12.3. The zero-order chi connectivity index (χ0) is 19.4. The van der Waals surface area contributed by atoms with E-state index in [0.29, 0.717) is 11.8 Å². The van der Waals surface area contributed by atoms with E-state index in [1.807, 2.05) is 6.07 Å². The van der Waals surface area contributed by atoms with E-state index in [2.05, 4.69) is 94.1 Å². The van der Waals surface area contributed by atoms with Crippen LogP contribution < -0.4 is 0 Å². The van der Waals surface area contributed by atoms with Crippen LogP contribution in [0.1, 0.15) is 62.0 Å². The number of fused-ring (bicyclic) bond motifs is 1. The molecule has 1 heteroatoms. The summed E-state index contributed by atoms with van der Waals surface area (Å²) in [4.78, 5) is 0. The molecule has 0 N–H and O–H groups in total. The molecule has 3 aromatic carbocycles.